The van der Waals surface area contributed by atoms with Gasteiger partial charge in [0.1, 0.15) is 35.7 Å². The number of amides is 1. The predicted octanol–water partition coefficient (Wildman–Crippen LogP) is 4.19. The molecule has 73 heavy (non-hydrogen) atoms. The van der Waals surface area contributed by atoms with Gasteiger partial charge in [-0.1, -0.05) is 57.0 Å². The first-order chi connectivity index (χ1) is 34.3. The number of hydrogen-bond donors (Lipinski definition) is 7. The van der Waals surface area contributed by atoms with Crippen molar-refractivity contribution in [1.29, 1.82) is 0 Å². The van der Waals surface area contributed by atoms with Crippen molar-refractivity contribution >= 4 is 11.9 Å². The zero-order valence-electron chi connectivity index (χ0n) is 45.7. The number of likely N-dealkylation sites (N-methyl/N-ethyl adjacent to an activating group) is 2. The number of nitrogens with one attached hydrogen (secondary N) is 1. The maximum absolute atomic E-state index is 14.5. The summed E-state index contributed by atoms with van der Waals surface area (Å²) in [5.74, 6) is -3.19. The lowest BCUT2D eigenvalue weighted by atomic mass is 9.77. The second-order valence-corrected chi connectivity index (χ2v) is 22.4. The molecule has 3 aliphatic heterocycles. The van der Waals surface area contributed by atoms with Gasteiger partial charge in [0.15, 0.2) is 12.6 Å². The first-order valence-corrected chi connectivity index (χ1v) is 26.5. The molecule has 0 aliphatic carbocycles. The van der Waals surface area contributed by atoms with Crippen LogP contribution >= 0.6 is 0 Å². The highest BCUT2D eigenvalue weighted by atomic mass is 16.7. The van der Waals surface area contributed by atoms with Crippen LogP contribution in [0.2, 0.25) is 0 Å². The number of hydroxylamine groups is 1. The molecule has 5 rings (SSSR count). The summed E-state index contributed by atoms with van der Waals surface area (Å²) >= 11 is 0. The first-order valence-electron chi connectivity index (χ1n) is 26.5. The molecule has 1 amide bonds. The summed E-state index contributed by atoms with van der Waals surface area (Å²) in [6.45, 7) is 19.1. The Morgan fingerprint density at radius 3 is 2.34 bits per heavy atom. The lowest BCUT2D eigenvalue weighted by molar-refractivity contribution is -0.318. The van der Waals surface area contributed by atoms with Crippen molar-refractivity contribution in [3.05, 3.63) is 36.0 Å². The second kappa shape index (κ2) is 26.2. The van der Waals surface area contributed by atoms with Gasteiger partial charge in [0.05, 0.1) is 47.7 Å². The molecular weight excluding hydrogens is 945 g/mol. The fourth-order valence-electron chi connectivity index (χ4n) is 11.4. The molecule has 3 aliphatic rings. The maximum atomic E-state index is 14.5. The van der Waals surface area contributed by atoms with E-state index in [4.69, 9.17) is 33.6 Å². The number of carbonyl (C=O) groups is 2. The van der Waals surface area contributed by atoms with E-state index < -0.39 is 102 Å². The fourth-order valence-corrected chi connectivity index (χ4v) is 11.4. The number of nitrogens with zero attached hydrogens (tertiary/aromatic N) is 5. The third-order valence-corrected chi connectivity index (χ3v) is 16.0. The molecule has 2 aromatic rings. The van der Waals surface area contributed by atoms with Crippen LogP contribution in [0.25, 0.3) is 11.3 Å². The molecule has 0 unspecified atom stereocenters. The maximum Gasteiger partial charge on any atom is 0.311 e. The Bertz CT molecular complexity index is 2040. The zero-order chi connectivity index (χ0) is 54.2. The van der Waals surface area contributed by atoms with Crippen molar-refractivity contribution in [2.45, 2.75) is 230 Å². The predicted molar refractivity (Wildman–Crippen MR) is 270 cm³/mol. The summed E-state index contributed by atoms with van der Waals surface area (Å²) in [4.78, 5) is 29.8. The third-order valence-electron chi connectivity index (χ3n) is 16.0. The van der Waals surface area contributed by atoms with E-state index in [-0.39, 0.29) is 43.6 Å². The number of hydrogen-bond acceptors (Lipinski definition) is 18. The van der Waals surface area contributed by atoms with Gasteiger partial charge in [-0.25, -0.2) is 5.48 Å². The summed E-state index contributed by atoms with van der Waals surface area (Å²) in [5, 5.41) is 77.4. The molecule has 1 aromatic carbocycles. The van der Waals surface area contributed by atoms with Crippen LogP contribution in [0.3, 0.4) is 0 Å². The highest BCUT2D eigenvalue weighted by molar-refractivity contribution is 5.74. The van der Waals surface area contributed by atoms with Crippen molar-refractivity contribution < 1.29 is 68.8 Å². The van der Waals surface area contributed by atoms with Crippen LogP contribution < -0.4 is 5.48 Å². The second-order valence-electron chi connectivity index (χ2n) is 22.4. The molecule has 0 saturated carbocycles. The van der Waals surface area contributed by atoms with Gasteiger partial charge in [0.25, 0.3) is 0 Å². The summed E-state index contributed by atoms with van der Waals surface area (Å²) in [6.07, 6.45) is -3.66. The van der Waals surface area contributed by atoms with Gasteiger partial charge in [-0.3, -0.25) is 24.4 Å². The van der Waals surface area contributed by atoms with Gasteiger partial charge in [-0.05, 0) is 112 Å². The van der Waals surface area contributed by atoms with Crippen molar-refractivity contribution in [2.75, 3.05) is 27.7 Å². The number of cyclic esters (lactones) is 1. The normalized spacial score (nSPS) is 38.6. The Hall–Kier alpha value is -3.22. The SMILES string of the molecule is CC[C@H]1OC(=O)[C@H](C)[C@@H](O[C@H]2C[C@@](C)(OC)[C@@H](O)[C@H](C)O2)[C@H](C)[C@@H](O[C@@H]2O[C@H](C)C[C@H](N(C)Cc3cccc(-c4cn(CCCCCCC(=O)NO)nn4)c3)[C@@H]2O)[C@](C)(O)C[C@@H](C)CN(C)[C@H](C)[C@@H](O)[C@]1(C)O. The molecule has 0 spiro atoms. The molecule has 0 bridgehead atoms. The number of unbranched alkanes of at least 4 members (excludes halogenated alkanes) is 3. The van der Waals surface area contributed by atoms with Crippen LogP contribution in [0.5, 0.6) is 0 Å². The van der Waals surface area contributed by atoms with Crippen LogP contribution in [-0.2, 0) is 51.1 Å². The number of esters is 1. The van der Waals surface area contributed by atoms with Crippen LogP contribution in [-0.4, -0.2) is 185 Å². The summed E-state index contributed by atoms with van der Waals surface area (Å²) in [5.41, 5.74) is -0.294. The van der Waals surface area contributed by atoms with Crippen LogP contribution in [0.15, 0.2) is 30.5 Å². The number of carbonyl (C=O) groups excluding carboxylic acids is 2. The van der Waals surface area contributed by atoms with Gasteiger partial charge < -0.3 is 58.9 Å². The van der Waals surface area contributed by atoms with E-state index >= 15 is 0 Å². The number of methoxy groups -OCH3 is 1. The van der Waals surface area contributed by atoms with Crippen molar-refractivity contribution in [1.82, 2.24) is 30.3 Å². The number of ether oxygens (including phenoxy) is 6. The molecule has 7 N–H and O–H groups in total. The number of benzene rings is 1. The van der Waals surface area contributed by atoms with Crippen LogP contribution in [0.1, 0.15) is 133 Å². The quantitative estimate of drug-likeness (QED) is 0.0507. The van der Waals surface area contributed by atoms with Gasteiger partial charge in [0.2, 0.25) is 5.91 Å². The van der Waals surface area contributed by atoms with Crippen LogP contribution in [0, 0.1) is 17.8 Å². The summed E-state index contributed by atoms with van der Waals surface area (Å²) < 4.78 is 40.2. The van der Waals surface area contributed by atoms with E-state index in [9.17, 15) is 35.1 Å². The van der Waals surface area contributed by atoms with Crippen molar-refractivity contribution in [3.8, 4) is 11.3 Å². The largest absolute Gasteiger partial charge is 0.459 e. The van der Waals surface area contributed by atoms with Crippen LogP contribution in [0.4, 0.5) is 0 Å². The number of rotatable bonds is 17. The molecule has 4 heterocycles. The topological polar surface area (TPSA) is 260 Å². The van der Waals surface area contributed by atoms with E-state index in [1.165, 1.54) is 14.0 Å². The molecule has 18 atom stereocenters. The van der Waals surface area contributed by atoms with E-state index in [0.717, 1.165) is 36.1 Å². The molecule has 20 nitrogen and oxygen atoms in total. The molecule has 20 heteroatoms. The first kappa shape index (κ1) is 60.6. The van der Waals surface area contributed by atoms with Crippen molar-refractivity contribution in [2.24, 2.45) is 17.8 Å². The number of aliphatic hydroxyl groups excluding tert-OH is 3. The monoisotopic (exact) mass is 1030 g/mol. The molecule has 3 saturated heterocycles. The fraction of sp³-hybridized carbons (Fsp3) is 0.811. The van der Waals surface area contributed by atoms with Gasteiger partial charge in [-0.2, -0.15) is 0 Å². The Morgan fingerprint density at radius 1 is 0.973 bits per heavy atom. The lowest BCUT2D eigenvalue weighted by Crippen LogP contribution is -2.60. The summed E-state index contributed by atoms with van der Waals surface area (Å²) in [6, 6.07) is 6.99. The van der Waals surface area contributed by atoms with Crippen molar-refractivity contribution in [3.63, 3.8) is 0 Å². The standard InChI is InChI=1S/C53H90N6O14/c1-14-41-53(10,66)46(62)35(6)57(11)28-31(2)26-51(8,65)48(33(4)45(34(5)49(64)71-41)72-43-27-52(9,68-13)47(63)36(7)70-43)73-50-44(61)40(24-32(3)69-50)58(12)29-37-20-19-21-38(25-37)39-30-59(56-54-39)23-18-16-15-17-22-42(60)55-67/h19-21,25,30-36,40-41,43-48,50,61-63,65-67H,14-18,22-24,26-29H2,1-13H3,(H,55,60)/t31-,32-,33+,34-,35-,36+,40+,41-,43+,44+,45+,46-,47+,48-,50+,51-,52-,53-/m1/s1. The molecule has 0 radical (unpaired) electrons. The van der Waals surface area contributed by atoms with E-state index in [1.807, 2.05) is 68.8 Å². The van der Waals surface area contributed by atoms with Gasteiger partial charge in [0, 0.05) is 63.2 Å². The highest BCUT2D eigenvalue weighted by Crippen LogP contribution is 2.40. The molecule has 1 aromatic heterocycles. The third kappa shape index (κ3) is 15.3. The average Bonchev–Trinajstić information content (AvgIpc) is 3.82. The zero-order valence-corrected chi connectivity index (χ0v) is 45.7. The van der Waals surface area contributed by atoms with Gasteiger partial charge >= 0.3 is 5.97 Å². The molecule has 3 fully saturated rings. The highest BCUT2D eigenvalue weighted by Gasteiger charge is 2.53. The Kier molecular flexibility index (Phi) is 21.8. The molecular formula is C53H90N6O14. The van der Waals surface area contributed by atoms with E-state index in [1.54, 1.807) is 47.0 Å². The minimum atomic E-state index is -1.84. The molecule has 416 valence electrons. The number of aliphatic hydroxyl groups is 5. The Balaban J connectivity index is 1.42. The Morgan fingerprint density at radius 2 is 1.67 bits per heavy atom. The number of aromatic nitrogens is 3. The Labute approximate surface area is 432 Å². The minimum Gasteiger partial charge on any atom is -0.459 e. The van der Waals surface area contributed by atoms with E-state index in [0.29, 0.717) is 32.5 Å². The van der Waals surface area contributed by atoms with Gasteiger partial charge in [-0.15, -0.1) is 5.10 Å². The smallest absolute Gasteiger partial charge is 0.311 e. The minimum absolute atomic E-state index is 0.0957. The summed E-state index contributed by atoms with van der Waals surface area (Å²) in [7, 11) is 5.28. The number of aryl methyl sites for hydroxylation is 1. The lowest BCUT2D eigenvalue weighted by Gasteiger charge is -2.49. The van der Waals surface area contributed by atoms with E-state index in [2.05, 4.69) is 21.3 Å². The average molecular weight is 1040 g/mol.